The lowest BCUT2D eigenvalue weighted by molar-refractivity contribution is -0.137. The summed E-state index contributed by atoms with van der Waals surface area (Å²) in [5, 5.41) is 6.40. The largest absolute Gasteiger partial charge is 0.416 e. The maximum atomic E-state index is 13.2. The average molecular weight is 537 g/mol. The third-order valence-electron chi connectivity index (χ3n) is 9.94. The lowest BCUT2D eigenvalue weighted by atomic mass is 9.45. The van der Waals surface area contributed by atoms with Crippen molar-refractivity contribution in [2.45, 2.75) is 65.6 Å². The van der Waals surface area contributed by atoms with E-state index in [1.807, 2.05) is 4.90 Å². The molecule has 5 unspecified atom stereocenters. The molecule has 0 spiro atoms. The highest BCUT2D eigenvalue weighted by atomic mass is 19.4. The molecular formula is C29H43F3N4O2. The summed E-state index contributed by atoms with van der Waals surface area (Å²) < 4.78 is 38.8. The second kappa shape index (κ2) is 10.7. The topological polar surface area (TPSA) is 64.7 Å². The number of carbonyl (C=O) groups is 2. The lowest BCUT2D eigenvalue weighted by Gasteiger charge is -2.61. The summed E-state index contributed by atoms with van der Waals surface area (Å²) in [5.41, 5.74) is -0.454. The molecule has 3 aliphatic rings. The SMILES string of the molecule is CC1C(NC(=O)N2CCN(C)CC2)CC2C(C)(C)CCCC2(C)C1CNC(=O)c1ccc(C(F)(F)F)cc1. The first-order chi connectivity index (χ1) is 17.7. The molecule has 2 saturated carbocycles. The van der Waals surface area contributed by atoms with Crippen LogP contribution in [-0.2, 0) is 6.18 Å². The number of piperazine rings is 1. The molecule has 3 amide bonds. The Morgan fingerprint density at radius 2 is 1.66 bits per heavy atom. The first-order valence-electron chi connectivity index (χ1n) is 13.9. The van der Waals surface area contributed by atoms with Crippen molar-refractivity contribution in [1.82, 2.24) is 20.4 Å². The molecule has 1 aromatic rings. The van der Waals surface area contributed by atoms with E-state index < -0.39 is 11.7 Å². The molecule has 0 aromatic heterocycles. The highest BCUT2D eigenvalue weighted by molar-refractivity contribution is 5.94. The van der Waals surface area contributed by atoms with Crippen LogP contribution in [0.4, 0.5) is 18.0 Å². The van der Waals surface area contributed by atoms with Crippen molar-refractivity contribution < 1.29 is 22.8 Å². The maximum Gasteiger partial charge on any atom is 0.416 e. The molecule has 3 fully saturated rings. The van der Waals surface area contributed by atoms with Crippen LogP contribution >= 0.6 is 0 Å². The van der Waals surface area contributed by atoms with E-state index in [1.54, 1.807) is 0 Å². The van der Waals surface area contributed by atoms with Crippen molar-refractivity contribution >= 4 is 11.9 Å². The number of benzene rings is 1. The number of amides is 3. The van der Waals surface area contributed by atoms with Gasteiger partial charge in [-0.1, -0.05) is 34.1 Å². The highest BCUT2D eigenvalue weighted by Gasteiger charge is 2.56. The van der Waals surface area contributed by atoms with Crippen molar-refractivity contribution in [3.8, 4) is 0 Å². The van der Waals surface area contributed by atoms with Crippen LogP contribution in [-0.4, -0.2) is 67.6 Å². The molecule has 6 nitrogen and oxygen atoms in total. The van der Waals surface area contributed by atoms with Gasteiger partial charge in [-0.05, 0) is 79.2 Å². The predicted molar refractivity (Wildman–Crippen MR) is 142 cm³/mol. The summed E-state index contributed by atoms with van der Waals surface area (Å²) in [4.78, 5) is 30.3. The minimum Gasteiger partial charge on any atom is -0.352 e. The van der Waals surface area contributed by atoms with Crippen LogP contribution in [0, 0.1) is 28.6 Å². The van der Waals surface area contributed by atoms with E-state index in [2.05, 4.69) is 50.3 Å². The number of alkyl halides is 3. The second-order valence-corrected chi connectivity index (χ2v) is 12.7. The Bertz CT molecular complexity index is 1000. The van der Waals surface area contributed by atoms with Crippen molar-refractivity contribution in [2.24, 2.45) is 28.6 Å². The van der Waals surface area contributed by atoms with Gasteiger partial charge >= 0.3 is 12.2 Å². The minimum absolute atomic E-state index is 0.00872. The van der Waals surface area contributed by atoms with Crippen molar-refractivity contribution in [1.29, 1.82) is 0 Å². The Morgan fingerprint density at radius 1 is 1.03 bits per heavy atom. The van der Waals surface area contributed by atoms with Crippen LogP contribution in [0.1, 0.15) is 69.3 Å². The molecule has 5 atom stereocenters. The molecule has 1 saturated heterocycles. The standard InChI is InChI=1S/C29H43F3N4O2/c1-19-22(18-33-25(37)20-7-9-21(10-8-20)29(30,31)32)28(4)12-6-11-27(2,3)24(28)17-23(19)34-26(38)36-15-13-35(5)14-16-36/h7-10,19,22-24H,6,11-18H2,1-5H3,(H,33,37)(H,34,38). The summed E-state index contributed by atoms with van der Waals surface area (Å²) in [7, 11) is 2.06. The fourth-order valence-electron chi connectivity index (χ4n) is 7.53. The van der Waals surface area contributed by atoms with Crippen LogP contribution < -0.4 is 10.6 Å². The number of hydrogen-bond donors (Lipinski definition) is 2. The molecule has 0 radical (unpaired) electrons. The summed E-state index contributed by atoms with van der Waals surface area (Å²) in [5.74, 6) is 0.266. The van der Waals surface area contributed by atoms with Crippen molar-refractivity contribution in [3.05, 3.63) is 35.4 Å². The Hall–Kier alpha value is -2.29. The zero-order chi connectivity index (χ0) is 27.9. The molecule has 1 aromatic carbocycles. The van der Waals surface area contributed by atoms with E-state index >= 15 is 0 Å². The molecule has 2 N–H and O–H groups in total. The fraction of sp³-hybridized carbons (Fsp3) is 0.724. The van der Waals surface area contributed by atoms with Crippen LogP contribution in [0.5, 0.6) is 0 Å². The molecule has 38 heavy (non-hydrogen) atoms. The molecule has 9 heteroatoms. The first kappa shape index (κ1) is 28.7. The van der Waals surface area contributed by atoms with Gasteiger partial charge in [0, 0.05) is 44.3 Å². The van der Waals surface area contributed by atoms with E-state index in [0.29, 0.717) is 25.6 Å². The van der Waals surface area contributed by atoms with Gasteiger partial charge in [0.05, 0.1) is 5.56 Å². The van der Waals surface area contributed by atoms with Gasteiger partial charge in [0.25, 0.3) is 5.91 Å². The number of nitrogens with one attached hydrogen (secondary N) is 2. The maximum absolute atomic E-state index is 13.2. The monoisotopic (exact) mass is 536 g/mol. The van der Waals surface area contributed by atoms with Crippen LogP contribution in [0.15, 0.2) is 24.3 Å². The second-order valence-electron chi connectivity index (χ2n) is 12.7. The van der Waals surface area contributed by atoms with Gasteiger partial charge in [-0.25, -0.2) is 4.79 Å². The zero-order valence-corrected chi connectivity index (χ0v) is 23.3. The Kier molecular flexibility index (Phi) is 8.09. The quantitative estimate of drug-likeness (QED) is 0.553. The minimum atomic E-state index is -4.44. The number of likely N-dealkylation sites (N-methyl/N-ethyl adjacent to an activating group) is 1. The molecule has 2 aliphatic carbocycles. The third kappa shape index (κ3) is 5.82. The van der Waals surface area contributed by atoms with E-state index in [9.17, 15) is 22.8 Å². The number of hydrogen-bond acceptors (Lipinski definition) is 3. The summed E-state index contributed by atoms with van der Waals surface area (Å²) in [6.45, 7) is 12.7. The fourth-order valence-corrected chi connectivity index (χ4v) is 7.53. The Labute approximate surface area is 224 Å². The zero-order valence-electron chi connectivity index (χ0n) is 23.3. The van der Waals surface area contributed by atoms with Gasteiger partial charge in [-0.2, -0.15) is 13.2 Å². The average Bonchev–Trinajstić information content (AvgIpc) is 2.84. The van der Waals surface area contributed by atoms with Crippen molar-refractivity contribution in [3.63, 3.8) is 0 Å². The van der Waals surface area contributed by atoms with E-state index in [1.165, 1.54) is 12.1 Å². The first-order valence-corrected chi connectivity index (χ1v) is 13.9. The number of fused-ring (bicyclic) bond motifs is 1. The molecule has 1 heterocycles. The Balaban J connectivity index is 1.50. The Morgan fingerprint density at radius 3 is 2.26 bits per heavy atom. The van der Waals surface area contributed by atoms with Gasteiger partial charge in [-0.15, -0.1) is 0 Å². The lowest BCUT2D eigenvalue weighted by Crippen LogP contribution is -2.62. The summed E-state index contributed by atoms with van der Waals surface area (Å²) in [6, 6.07) is 4.34. The molecule has 1 aliphatic heterocycles. The number of rotatable bonds is 4. The van der Waals surface area contributed by atoms with Gasteiger partial charge in [0.2, 0.25) is 0 Å². The molecule has 212 valence electrons. The van der Waals surface area contributed by atoms with Gasteiger partial charge < -0.3 is 20.4 Å². The summed E-state index contributed by atoms with van der Waals surface area (Å²) >= 11 is 0. The van der Waals surface area contributed by atoms with E-state index in [-0.39, 0.29) is 46.2 Å². The van der Waals surface area contributed by atoms with E-state index in [0.717, 1.165) is 50.9 Å². The normalized spacial score (nSPS) is 31.8. The number of urea groups is 1. The number of nitrogens with zero attached hydrogens (tertiary/aromatic N) is 2. The van der Waals surface area contributed by atoms with Gasteiger partial charge in [-0.3, -0.25) is 4.79 Å². The molecule has 0 bridgehead atoms. The van der Waals surface area contributed by atoms with Crippen molar-refractivity contribution in [2.75, 3.05) is 39.8 Å². The van der Waals surface area contributed by atoms with Gasteiger partial charge in [0.15, 0.2) is 0 Å². The smallest absolute Gasteiger partial charge is 0.352 e. The van der Waals surface area contributed by atoms with Gasteiger partial charge in [0.1, 0.15) is 0 Å². The van der Waals surface area contributed by atoms with Crippen LogP contribution in [0.2, 0.25) is 0 Å². The third-order valence-corrected chi connectivity index (χ3v) is 9.94. The van der Waals surface area contributed by atoms with Crippen LogP contribution in [0.3, 0.4) is 0 Å². The predicted octanol–water partition coefficient (Wildman–Crippen LogP) is 5.25. The number of halogens is 3. The highest BCUT2D eigenvalue weighted by Crippen LogP contribution is 2.61. The van der Waals surface area contributed by atoms with E-state index in [4.69, 9.17) is 0 Å². The summed E-state index contributed by atoms with van der Waals surface area (Å²) in [6.07, 6.45) is -0.216. The number of carbonyl (C=O) groups excluding carboxylic acids is 2. The molecule has 4 rings (SSSR count). The van der Waals surface area contributed by atoms with Crippen LogP contribution in [0.25, 0.3) is 0 Å². The molecular weight excluding hydrogens is 493 g/mol.